The molecule has 1 rings (SSSR count). The summed E-state index contributed by atoms with van der Waals surface area (Å²) in [6, 6.07) is -2.65. The predicted octanol–water partition coefficient (Wildman–Crippen LogP) is 3.93. The molecular weight excluding hydrogens is 630 g/mol. The van der Waals surface area contributed by atoms with Crippen LogP contribution in [0.25, 0.3) is 0 Å². The molecule has 5 amide bonds. The van der Waals surface area contributed by atoms with E-state index in [0.717, 1.165) is 25.4 Å². The Bertz CT molecular complexity index is 969. The van der Waals surface area contributed by atoms with Crippen molar-refractivity contribution >= 4 is 42.9 Å². The topological polar surface area (TPSA) is 152 Å². The van der Waals surface area contributed by atoms with Crippen LogP contribution in [-0.2, 0) is 19.2 Å². The standard InChI is InChI=1S/C27H52N6O4S.C4H7NO.C4H10/c1-10-12-19(18(2)34)29-23(35)20-13-11-15-33(20)24(36)22(27(6,7)8)31-25(37)30-21(26(3,4)5)17-28-14-16-32(9)38;1-2-3-5-4-6;1-4(2)3/h19-22,28,38H,10-17H2,1-9H3,(H,29,35)(H2,30,31,37);2,4H,1,3H2,(H,5,6);4H,1-3H3. The fourth-order valence-electron chi connectivity index (χ4n) is 4.57. The third kappa shape index (κ3) is 21.4. The number of amides is 5. The van der Waals surface area contributed by atoms with Gasteiger partial charge in [0.05, 0.1) is 6.04 Å². The van der Waals surface area contributed by atoms with E-state index >= 15 is 0 Å². The zero-order valence-electron chi connectivity index (χ0n) is 32.0. The highest BCUT2D eigenvalue weighted by atomic mass is 32.1. The highest BCUT2D eigenvalue weighted by Gasteiger charge is 2.42. The monoisotopic (exact) mass is 700 g/mol. The maximum absolute atomic E-state index is 13.8. The first kappa shape index (κ1) is 47.5. The molecule has 13 heteroatoms. The highest BCUT2D eigenvalue weighted by molar-refractivity contribution is 7.77. The number of rotatable bonds is 16. The Morgan fingerprint density at radius 2 is 1.60 bits per heavy atom. The first-order valence-corrected chi connectivity index (χ1v) is 17.6. The lowest BCUT2D eigenvalue weighted by molar-refractivity contribution is -0.142. The maximum Gasteiger partial charge on any atom is 0.315 e. The van der Waals surface area contributed by atoms with Crippen LogP contribution in [0.4, 0.5) is 4.79 Å². The first-order valence-electron chi connectivity index (χ1n) is 17.2. The third-order valence-electron chi connectivity index (χ3n) is 7.27. The molecule has 0 radical (unpaired) electrons. The molecule has 280 valence electrons. The van der Waals surface area contributed by atoms with Crippen LogP contribution in [0, 0.1) is 16.7 Å². The van der Waals surface area contributed by atoms with Gasteiger partial charge in [0.2, 0.25) is 18.2 Å². The molecular formula is C35H69N7O5S. The SMILES string of the molecule is C=CCNC=O.CC(C)C.CCCC(NC(=O)C1CCCN1C(=O)C(NC(=O)NC(CNCCN(C)S)C(C)(C)C)C(C)(C)C)C(C)=O. The number of ketones is 1. The van der Waals surface area contributed by atoms with Gasteiger partial charge in [-0.25, -0.2) is 4.79 Å². The summed E-state index contributed by atoms with van der Waals surface area (Å²) in [4.78, 5) is 63.0. The number of nitrogens with one attached hydrogen (secondary N) is 5. The van der Waals surface area contributed by atoms with E-state index in [2.05, 4.69) is 87.5 Å². The van der Waals surface area contributed by atoms with Gasteiger partial charge in [-0.05, 0) is 50.0 Å². The molecule has 1 heterocycles. The van der Waals surface area contributed by atoms with Gasteiger partial charge in [0.25, 0.3) is 0 Å². The predicted molar refractivity (Wildman–Crippen MR) is 200 cm³/mol. The van der Waals surface area contributed by atoms with Gasteiger partial charge in [-0.2, -0.15) is 0 Å². The third-order valence-corrected chi connectivity index (χ3v) is 7.47. The van der Waals surface area contributed by atoms with Crippen LogP contribution in [0.1, 0.15) is 102 Å². The van der Waals surface area contributed by atoms with E-state index in [-0.39, 0.29) is 29.1 Å². The first-order chi connectivity index (χ1) is 22.1. The van der Waals surface area contributed by atoms with Crippen molar-refractivity contribution in [2.24, 2.45) is 16.7 Å². The Hall–Kier alpha value is -2.64. The van der Waals surface area contributed by atoms with E-state index in [1.165, 1.54) is 6.92 Å². The number of likely N-dealkylation sites (N-methyl/N-ethyl adjacent to an activating group) is 1. The number of hydrogen-bond donors (Lipinski definition) is 6. The molecule has 0 aromatic carbocycles. The molecule has 1 aliphatic rings. The lowest BCUT2D eigenvalue weighted by atomic mass is 9.85. The molecule has 12 nitrogen and oxygen atoms in total. The molecule has 5 N–H and O–H groups in total. The molecule has 1 fully saturated rings. The number of carbonyl (C=O) groups excluding carboxylic acids is 5. The van der Waals surface area contributed by atoms with Gasteiger partial charge in [0, 0.05) is 38.8 Å². The van der Waals surface area contributed by atoms with Crippen molar-refractivity contribution in [1.29, 1.82) is 0 Å². The number of hydrogen-bond acceptors (Lipinski definition) is 8. The molecule has 1 aliphatic heterocycles. The summed E-state index contributed by atoms with van der Waals surface area (Å²) in [5, 5.41) is 14.5. The van der Waals surface area contributed by atoms with Gasteiger partial charge >= 0.3 is 6.03 Å². The fourth-order valence-corrected chi connectivity index (χ4v) is 4.67. The largest absolute Gasteiger partial charge is 0.355 e. The summed E-state index contributed by atoms with van der Waals surface area (Å²) in [6.07, 6.45) is 4.79. The van der Waals surface area contributed by atoms with Crippen LogP contribution in [0.3, 0.4) is 0 Å². The Morgan fingerprint density at radius 3 is 2.02 bits per heavy atom. The number of urea groups is 1. The van der Waals surface area contributed by atoms with Gasteiger partial charge in [0.15, 0.2) is 5.78 Å². The van der Waals surface area contributed by atoms with E-state index in [9.17, 15) is 24.0 Å². The summed E-state index contributed by atoms with van der Waals surface area (Å²) < 4.78 is 1.79. The molecule has 4 atom stereocenters. The zero-order valence-corrected chi connectivity index (χ0v) is 32.9. The second kappa shape index (κ2) is 24.5. The van der Waals surface area contributed by atoms with Crippen molar-refractivity contribution in [3.8, 4) is 0 Å². The Labute approximate surface area is 297 Å². The van der Waals surface area contributed by atoms with Gasteiger partial charge in [-0.15, -0.1) is 6.58 Å². The zero-order chi connectivity index (χ0) is 37.7. The number of nitrogens with zero attached hydrogens (tertiary/aromatic N) is 2. The minimum absolute atomic E-state index is 0.0949. The molecule has 0 aromatic rings. The van der Waals surface area contributed by atoms with E-state index in [0.29, 0.717) is 45.3 Å². The second-order valence-electron chi connectivity index (χ2n) is 15.1. The summed E-state index contributed by atoms with van der Waals surface area (Å²) >= 11 is 4.25. The van der Waals surface area contributed by atoms with Gasteiger partial charge in [0.1, 0.15) is 12.1 Å². The number of likely N-dealkylation sites (tertiary alicyclic amines) is 1. The van der Waals surface area contributed by atoms with Gasteiger partial charge in [-0.1, -0.05) is 94.5 Å². The van der Waals surface area contributed by atoms with Crippen LogP contribution in [0.2, 0.25) is 0 Å². The molecule has 0 aliphatic carbocycles. The molecule has 0 aromatic heterocycles. The number of Topliss-reactive ketones (excluding diaryl/α,β-unsaturated/α-hetero) is 1. The molecule has 0 spiro atoms. The van der Waals surface area contributed by atoms with Crippen LogP contribution in [0.15, 0.2) is 12.7 Å². The summed E-state index contributed by atoms with van der Waals surface area (Å²) in [7, 11) is 1.88. The molecule has 4 unspecified atom stereocenters. The van der Waals surface area contributed by atoms with E-state index in [1.807, 2.05) is 34.7 Å². The molecule has 48 heavy (non-hydrogen) atoms. The van der Waals surface area contributed by atoms with Crippen molar-refractivity contribution in [2.45, 2.75) is 126 Å². The average molecular weight is 700 g/mol. The summed E-state index contributed by atoms with van der Waals surface area (Å²) in [5.41, 5.74) is -0.808. The van der Waals surface area contributed by atoms with E-state index in [4.69, 9.17) is 0 Å². The number of thiol groups is 1. The Kier molecular flexibility index (Phi) is 24.2. The van der Waals surface area contributed by atoms with Crippen LogP contribution in [0.5, 0.6) is 0 Å². The lowest BCUT2D eigenvalue weighted by Gasteiger charge is -2.37. The van der Waals surface area contributed by atoms with Crippen molar-refractivity contribution < 1.29 is 24.0 Å². The fraction of sp³-hybridized carbons (Fsp3) is 0.800. The second-order valence-corrected chi connectivity index (χ2v) is 15.8. The Balaban J connectivity index is 0. The van der Waals surface area contributed by atoms with E-state index in [1.54, 1.807) is 15.3 Å². The minimum Gasteiger partial charge on any atom is -0.355 e. The average Bonchev–Trinajstić information content (AvgIpc) is 3.45. The maximum atomic E-state index is 13.8. The van der Waals surface area contributed by atoms with Crippen LogP contribution in [-0.4, -0.2) is 103 Å². The Morgan fingerprint density at radius 1 is 1.02 bits per heavy atom. The van der Waals surface area contributed by atoms with Crippen LogP contribution >= 0.6 is 12.8 Å². The smallest absolute Gasteiger partial charge is 0.315 e. The normalized spacial score (nSPS) is 16.3. The lowest BCUT2D eigenvalue weighted by Crippen LogP contribution is -2.61. The molecule has 0 saturated carbocycles. The van der Waals surface area contributed by atoms with Gasteiger partial charge < -0.3 is 31.5 Å². The van der Waals surface area contributed by atoms with E-state index < -0.39 is 29.6 Å². The number of carbonyl (C=O) groups is 5. The summed E-state index contributed by atoms with van der Waals surface area (Å²) in [6.45, 7) is 28.2. The van der Waals surface area contributed by atoms with Crippen molar-refractivity contribution in [1.82, 2.24) is 35.8 Å². The van der Waals surface area contributed by atoms with Gasteiger partial charge in [-0.3, -0.25) is 23.5 Å². The summed E-state index contributed by atoms with van der Waals surface area (Å²) in [5.74, 6) is 0.136. The molecule has 1 saturated heterocycles. The quantitative estimate of drug-likeness (QED) is 0.0619. The van der Waals surface area contributed by atoms with Crippen LogP contribution < -0.4 is 26.6 Å². The highest BCUT2D eigenvalue weighted by Crippen LogP contribution is 2.26. The van der Waals surface area contributed by atoms with Crippen molar-refractivity contribution in [3.05, 3.63) is 12.7 Å². The van der Waals surface area contributed by atoms with Crippen molar-refractivity contribution in [2.75, 3.05) is 39.8 Å². The molecule has 0 bridgehead atoms. The van der Waals surface area contributed by atoms with Crippen molar-refractivity contribution in [3.63, 3.8) is 0 Å². The minimum atomic E-state index is -0.832.